The molecule has 0 bridgehead atoms. The molecule has 18 heavy (non-hydrogen) atoms. The van der Waals surface area contributed by atoms with Crippen molar-refractivity contribution >= 4 is 11.8 Å². The van der Waals surface area contributed by atoms with Crippen molar-refractivity contribution in [1.82, 2.24) is 9.97 Å². The number of nitrogens with zero attached hydrogens (tertiary/aromatic N) is 3. The van der Waals surface area contributed by atoms with Crippen molar-refractivity contribution in [2.24, 2.45) is 5.84 Å². The van der Waals surface area contributed by atoms with E-state index in [0.29, 0.717) is 12.0 Å². The number of rotatable bonds is 5. The molecule has 1 fully saturated rings. The minimum atomic E-state index is 0.428. The molecule has 2 aromatic rings. The third-order valence-electron chi connectivity index (χ3n) is 2.96. The number of aromatic nitrogens is 2. The normalized spacial score (nSPS) is 14.5. The summed E-state index contributed by atoms with van der Waals surface area (Å²) in [5.41, 5.74) is 2.47. The fraction of sp³-hybridized carbons (Fsp3) is 0.333. The molecule has 0 unspecified atom stereocenters. The first-order valence-corrected chi connectivity index (χ1v) is 5.95. The summed E-state index contributed by atoms with van der Waals surface area (Å²) < 4.78 is 5.39. The van der Waals surface area contributed by atoms with E-state index < -0.39 is 0 Å². The van der Waals surface area contributed by atoms with E-state index >= 15 is 0 Å². The maximum Gasteiger partial charge on any atom is 0.239 e. The van der Waals surface area contributed by atoms with Gasteiger partial charge in [0.25, 0.3) is 0 Å². The topological polar surface area (TPSA) is 80.2 Å². The first kappa shape index (κ1) is 11.0. The second kappa shape index (κ2) is 4.66. The average molecular weight is 245 g/mol. The van der Waals surface area contributed by atoms with Crippen molar-refractivity contribution in [2.45, 2.75) is 25.4 Å². The van der Waals surface area contributed by atoms with E-state index in [9.17, 15) is 0 Å². The van der Waals surface area contributed by atoms with Crippen LogP contribution in [0.1, 0.15) is 18.6 Å². The number of nitrogens with two attached hydrogens (primary N) is 1. The molecule has 2 aromatic heterocycles. The standard InChI is InChI=1S/C12H15N5O/c13-16-12-14-6-5-11(15-12)17(9-3-4-9)8-10-2-1-7-18-10/h1-2,5-7,9H,3-4,8,13H2,(H,14,15,16). The van der Waals surface area contributed by atoms with Gasteiger partial charge in [0.2, 0.25) is 5.95 Å². The Morgan fingerprint density at radius 1 is 1.44 bits per heavy atom. The van der Waals surface area contributed by atoms with E-state index in [2.05, 4.69) is 20.3 Å². The van der Waals surface area contributed by atoms with Crippen LogP contribution in [-0.2, 0) is 6.54 Å². The Kier molecular flexibility index (Phi) is 2.85. The lowest BCUT2D eigenvalue weighted by atomic mass is 10.3. The Balaban J connectivity index is 1.84. The van der Waals surface area contributed by atoms with Gasteiger partial charge in [0.05, 0.1) is 12.8 Å². The molecule has 0 atom stereocenters. The maximum absolute atomic E-state index is 5.39. The fourth-order valence-electron chi connectivity index (χ4n) is 1.93. The summed E-state index contributed by atoms with van der Waals surface area (Å²) in [6.45, 7) is 0.721. The molecule has 6 heteroatoms. The van der Waals surface area contributed by atoms with Crippen LogP contribution in [0.5, 0.6) is 0 Å². The number of anilines is 2. The highest BCUT2D eigenvalue weighted by Crippen LogP contribution is 2.32. The molecule has 2 heterocycles. The minimum Gasteiger partial charge on any atom is -0.467 e. The highest BCUT2D eigenvalue weighted by atomic mass is 16.3. The van der Waals surface area contributed by atoms with E-state index in [1.165, 1.54) is 12.8 Å². The Morgan fingerprint density at radius 3 is 3.00 bits per heavy atom. The summed E-state index contributed by atoms with van der Waals surface area (Å²) in [6, 6.07) is 6.30. The first-order valence-electron chi connectivity index (χ1n) is 5.95. The molecule has 1 aliphatic carbocycles. The van der Waals surface area contributed by atoms with Crippen LogP contribution in [0.3, 0.4) is 0 Å². The number of hydrazine groups is 1. The molecule has 0 amide bonds. The quantitative estimate of drug-likeness (QED) is 0.614. The number of hydrogen-bond acceptors (Lipinski definition) is 6. The fourth-order valence-corrected chi connectivity index (χ4v) is 1.93. The number of nitrogen functional groups attached to an aromatic ring is 1. The molecular formula is C12H15N5O. The zero-order valence-electron chi connectivity index (χ0n) is 9.91. The molecule has 1 aliphatic rings. The number of hydrogen-bond donors (Lipinski definition) is 2. The maximum atomic E-state index is 5.39. The van der Waals surface area contributed by atoms with Gasteiger partial charge < -0.3 is 9.32 Å². The highest BCUT2D eigenvalue weighted by molar-refractivity contribution is 5.44. The second-order valence-electron chi connectivity index (χ2n) is 4.32. The zero-order valence-corrected chi connectivity index (χ0v) is 9.91. The third-order valence-corrected chi connectivity index (χ3v) is 2.96. The lowest BCUT2D eigenvalue weighted by Crippen LogP contribution is -2.26. The van der Waals surface area contributed by atoms with Crippen molar-refractivity contribution in [1.29, 1.82) is 0 Å². The molecule has 94 valence electrons. The van der Waals surface area contributed by atoms with Crippen LogP contribution in [0, 0.1) is 0 Å². The van der Waals surface area contributed by atoms with E-state index in [1.54, 1.807) is 12.5 Å². The average Bonchev–Trinajstić information content (AvgIpc) is 3.13. The van der Waals surface area contributed by atoms with Crippen LogP contribution in [-0.4, -0.2) is 16.0 Å². The molecule has 0 spiro atoms. The molecular weight excluding hydrogens is 230 g/mol. The summed E-state index contributed by atoms with van der Waals surface area (Å²) in [4.78, 5) is 10.6. The Morgan fingerprint density at radius 2 is 2.33 bits per heavy atom. The predicted molar refractivity (Wildman–Crippen MR) is 67.8 cm³/mol. The van der Waals surface area contributed by atoms with Gasteiger partial charge in [-0.3, -0.25) is 5.43 Å². The number of furan rings is 1. The minimum absolute atomic E-state index is 0.428. The molecule has 0 aliphatic heterocycles. The van der Waals surface area contributed by atoms with Gasteiger partial charge in [0.1, 0.15) is 11.6 Å². The summed E-state index contributed by atoms with van der Waals surface area (Å²) in [5.74, 6) is 7.57. The summed E-state index contributed by atoms with van der Waals surface area (Å²) in [7, 11) is 0. The van der Waals surface area contributed by atoms with E-state index in [0.717, 1.165) is 18.1 Å². The highest BCUT2D eigenvalue weighted by Gasteiger charge is 2.30. The first-order chi connectivity index (χ1) is 8.86. The zero-order chi connectivity index (χ0) is 12.4. The van der Waals surface area contributed by atoms with Crippen molar-refractivity contribution in [2.75, 3.05) is 10.3 Å². The van der Waals surface area contributed by atoms with E-state index in [1.807, 2.05) is 18.2 Å². The van der Waals surface area contributed by atoms with Crippen molar-refractivity contribution in [3.8, 4) is 0 Å². The van der Waals surface area contributed by atoms with Gasteiger partial charge in [-0.05, 0) is 31.0 Å². The number of nitrogens with one attached hydrogen (secondary N) is 1. The lowest BCUT2D eigenvalue weighted by Gasteiger charge is -2.22. The van der Waals surface area contributed by atoms with Crippen LogP contribution >= 0.6 is 0 Å². The van der Waals surface area contributed by atoms with Crippen LogP contribution in [0.2, 0.25) is 0 Å². The second-order valence-corrected chi connectivity index (χ2v) is 4.32. The van der Waals surface area contributed by atoms with Gasteiger partial charge in [-0.2, -0.15) is 4.98 Å². The molecule has 1 saturated carbocycles. The smallest absolute Gasteiger partial charge is 0.239 e. The predicted octanol–water partition coefficient (Wildman–Crippen LogP) is 1.52. The molecule has 6 nitrogen and oxygen atoms in total. The summed E-state index contributed by atoms with van der Waals surface area (Å²) >= 11 is 0. The van der Waals surface area contributed by atoms with Gasteiger partial charge in [0, 0.05) is 12.2 Å². The van der Waals surface area contributed by atoms with Crippen LogP contribution < -0.4 is 16.2 Å². The van der Waals surface area contributed by atoms with Crippen LogP contribution in [0.15, 0.2) is 35.1 Å². The Bertz CT molecular complexity index is 509. The van der Waals surface area contributed by atoms with Gasteiger partial charge in [-0.1, -0.05) is 0 Å². The van der Waals surface area contributed by atoms with Crippen LogP contribution in [0.4, 0.5) is 11.8 Å². The van der Waals surface area contributed by atoms with Gasteiger partial charge >= 0.3 is 0 Å². The summed E-state index contributed by atoms with van der Waals surface area (Å²) in [6.07, 6.45) is 5.77. The van der Waals surface area contributed by atoms with E-state index in [-0.39, 0.29) is 0 Å². The molecule has 3 N–H and O–H groups in total. The van der Waals surface area contributed by atoms with Crippen molar-refractivity contribution in [3.63, 3.8) is 0 Å². The molecule has 3 rings (SSSR count). The molecule has 0 radical (unpaired) electrons. The SMILES string of the molecule is NNc1nccc(N(Cc2ccco2)C2CC2)n1. The molecule has 0 aromatic carbocycles. The third kappa shape index (κ3) is 2.28. The van der Waals surface area contributed by atoms with Gasteiger partial charge in [-0.15, -0.1) is 0 Å². The van der Waals surface area contributed by atoms with E-state index in [4.69, 9.17) is 10.3 Å². The lowest BCUT2D eigenvalue weighted by molar-refractivity contribution is 0.500. The Hall–Kier alpha value is -2.08. The molecule has 0 saturated heterocycles. The van der Waals surface area contributed by atoms with Crippen LogP contribution in [0.25, 0.3) is 0 Å². The van der Waals surface area contributed by atoms with Gasteiger partial charge in [0.15, 0.2) is 0 Å². The van der Waals surface area contributed by atoms with Crippen molar-refractivity contribution in [3.05, 3.63) is 36.4 Å². The largest absolute Gasteiger partial charge is 0.467 e. The Labute approximate surface area is 105 Å². The monoisotopic (exact) mass is 245 g/mol. The summed E-state index contributed by atoms with van der Waals surface area (Å²) in [5, 5.41) is 0. The van der Waals surface area contributed by atoms with Crippen molar-refractivity contribution < 1.29 is 4.42 Å². The van der Waals surface area contributed by atoms with Gasteiger partial charge in [-0.25, -0.2) is 10.8 Å².